The number of nitrogens with zero attached hydrogens (tertiary/aromatic N) is 3. The molecule has 0 fully saturated rings. The molecular weight excluding hydrogens is 266 g/mol. The van der Waals surface area contributed by atoms with Crippen molar-refractivity contribution in [1.29, 1.82) is 0 Å². The summed E-state index contributed by atoms with van der Waals surface area (Å²) in [5.74, 6) is -0.0200. The lowest BCUT2D eigenvalue weighted by molar-refractivity contribution is 0.567. The van der Waals surface area contributed by atoms with Crippen LogP contribution in [-0.2, 0) is 17.1 Å². The van der Waals surface area contributed by atoms with Crippen LogP contribution >= 0.6 is 0 Å². The van der Waals surface area contributed by atoms with Crippen LogP contribution in [0.2, 0.25) is 0 Å². The van der Waals surface area contributed by atoms with Crippen LogP contribution in [0.15, 0.2) is 35.6 Å². The first-order chi connectivity index (χ1) is 8.90. The number of nitrogen functional groups attached to an aromatic ring is 1. The molecule has 2 heterocycles. The number of hydrogen-bond donors (Lipinski definition) is 2. The highest BCUT2D eigenvalue weighted by Crippen LogP contribution is 2.19. The molecule has 0 aliphatic rings. The SMILES string of the molecule is CC(NS(=O)(=O)c1cn(C)nc1N)c1cccnc1. The molecule has 2 rings (SSSR count). The predicted octanol–water partition coefficient (Wildman–Crippen LogP) is 0.437. The summed E-state index contributed by atoms with van der Waals surface area (Å²) in [6.45, 7) is 1.74. The van der Waals surface area contributed by atoms with Crippen molar-refractivity contribution in [2.45, 2.75) is 17.9 Å². The molecule has 0 aromatic carbocycles. The van der Waals surface area contributed by atoms with E-state index in [0.717, 1.165) is 5.56 Å². The van der Waals surface area contributed by atoms with Gasteiger partial charge in [-0.3, -0.25) is 9.67 Å². The Morgan fingerprint density at radius 3 is 2.74 bits per heavy atom. The van der Waals surface area contributed by atoms with Crippen molar-refractivity contribution in [3.05, 3.63) is 36.3 Å². The first-order valence-corrected chi connectivity index (χ1v) is 7.10. The van der Waals surface area contributed by atoms with E-state index < -0.39 is 16.1 Å². The molecule has 102 valence electrons. The fourth-order valence-electron chi connectivity index (χ4n) is 1.69. The molecule has 0 bridgehead atoms. The summed E-state index contributed by atoms with van der Waals surface area (Å²) in [6, 6.07) is 3.14. The third-order valence-corrected chi connectivity index (χ3v) is 4.19. The second-order valence-electron chi connectivity index (χ2n) is 4.18. The Morgan fingerprint density at radius 1 is 1.47 bits per heavy atom. The Morgan fingerprint density at radius 2 is 2.21 bits per heavy atom. The third-order valence-electron chi connectivity index (χ3n) is 2.63. The number of hydrogen-bond acceptors (Lipinski definition) is 5. The summed E-state index contributed by atoms with van der Waals surface area (Å²) >= 11 is 0. The van der Waals surface area contributed by atoms with Crippen molar-refractivity contribution >= 4 is 15.8 Å². The first kappa shape index (κ1) is 13.5. The van der Waals surface area contributed by atoms with E-state index in [4.69, 9.17) is 5.73 Å². The lowest BCUT2D eigenvalue weighted by Gasteiger charge is -2.13. The van der Waals surface area contributed by atoms with E-state index in [2.05, 4.69) is 14.8 Å². The van der Waals surface area contributed by atoms with Crippen LogP contribution in [0.3, 0.4) is 0 Å². The maximum Gasteiger partial charge on any atom is 0.246 e. The first-order valence-electron chi connectivity index (χ1n) is 5.61. The maximum atomic E-state index is 12.2. The minimum atomic E-state index is -3.70. The van der Waals surface area contributed by atoms with Gasteiger partial charge in [0, 0.05) is 31.7 Å². The number of anilines is 1. The van der Waals surface area contributed by atoms with Crippen LogP contribution < -0.4 is 10.5 Å². The van der Waals surface area contributed by atoms with Crippen LogP contribution in [0, 0.1) is 0 Å². The van der Waals surface area contributed by atoms with Gasteiger partial charge in [0.2, 0.25) is 10.0 Å². The zero-order chi connectivity index (χ0) is 14.0. The minimum absolute atomic E-state index is 0.0200. The molecule has 2 aromatic heterocycles. The topological polar surface area (TPSA) is 103 Å². The van der Waals surface area contributed by atoms with E-state index in [-0.39, 0.29) is 10.7 Å². The van der Waals surface area contributed by atoms with Crippen molar-refractivity contribution in [2.24, 2.45) is 7.05 Å². The van der Waals surface area contributed by atoms with Crippen LogP contribution in [-0.4, -0.2) is 23.2 Å². The number of rotatable bonds is 4. The van der Waals surface area contributed by atoms with Gasteiger partial charge in [0.05, 0.1) is 0 Å². The lowest BCUT2D eigenvalue weighted by atomic mass is 10.2. The molecule has 7 nitrogen and oxygen atoms in total. The molecule has 0 aliphatic heterocycles. The van der Waals surface area contributed by atoms with Gasteiger partial charge in [0.15, 0.2) is 5.82 Å². The number of nitrogens with one attached hydrogen (secondary N) is 1. The molecule has 1 unspecified atom stereocenters. The summed E-state index contributed by atoms with van der Waals surface area (Å²) < 4.78 is 28.3. The predicted molar refractivity (Wildman–Crippen MR) is 70.6 cm³/mol. The maximum absolute atomic E-state index is 12.2. The molecule has 19 heavy (non-hydrogen) atoms. The summed E-state index contributed by atoms with van der Waals surface area (Å²) in [5, 5.41) is 3.82. The highest BCUT2D eigenvalue weighted by atomic mass is 32.2. The number of aryl methyl sites for hydroxylation is 1. The summed E-state index contributed by atoms with van der Waals surface area (Å²) in [6.07, 6.45) is 4.61. The summed E-state index contributed by atoms with van der Waals surface area (Å²) in [7, 11) is -2.09. The Kier molecular flexibility index (Phi) is 3.54. The van der Waals surface area contributed by atoms with E-state index in [1.807, 2.05) is 0 Å². The van der Waals surface area contributed by atoms with Gasteiger partial charge >= 0.3 is 0 Å². The average Bonchev–Trinajstić information content (AvgIpc) is 2.70. The molecule has 3 N–H and O–H groups in total. The number of sulfonamides is 1. The van der Waals surface area contributed by atoms with E-state index in [0.29, 0.717) is 0 Å². The quantitative estimate of drug-likeness (QED) is 0.846. The van der Waals surface area contributed by atoms with Crippen LogP contribution in [0.25, 0.3) is 0 Å². The molecule has 8 heteroatoms. The lowest BCUT2D eigenvalue weighted by Crippen LogP contribution is -2.27. The van der Waals surface area contributed by atoms with Crippen LogP contribution in [0.5, 0.6) is 0 Å². The van der Waals surface area contributed by atoms with Crippen molar-refractivity contribution < 1.29 is 8.42 Å². The number of pyridine rings is 1. The van der Waals surface area contributed by atoms with Gasteiger partial charge in [-0.1, -0.05) is 6.07 Å². The Balaban J connectivity index is 2.25. The average molecular weight is 281 g/mol. The highest BCUT2D eigenvalue weighted by Gasteiger charge is 2.23. The van der Waals surface area contributed by atoms with E-state index in [1.165, 1.54) is 10.9 Å². The molecule has 0 saturated heterocycles. The third kappa shape index (κ3) is 2.91. The van der Waals surface area contributed by atoms with Gasteiger partial charge in [0.1, 0.15) is 4.90 Å². The molecule has 0 saturated carbocycles. The van der Waals surface area contributed by atoms with Gasteiger partial charge in [-0.05, 0) is 18.6 Å². The van der Waals surface area contributed by atoms with Gasteiger partial charge < -0.3 is 5.73 Å². The fourth-order valence-corrected chi connectivity index (χ4v) is 3.02. The number of nitrogens with two attached hydrogens (primary N) is 1. The largest absolute Gasteiger partial charge is 0.381 e. The molecule has 1 atom stereocenters. The van der Waals surface area contributed by atoms with Crippen LogP contribution in [0.4, 0.5) is 5.82 Å². The molecule has 0 amide bonds. The van der Waals surface area contributed by atoms with Gasteiger partial charge in [0.25, 0.3) is 0 Å². The van der Waals surface area contributed by atoms with E-state index in [1.54, 1.807) is 38.5 Å². The van der Waals surface area contributed by atoms with Gasteiger partial charge in [-0.25, -0.2) is 13.1 Å². The molecule has 0 spiro atoms. The smallest absolute Gasteiger partial charge is 0.246 e. The van der Waals surface area contributed by atoms with E-state index in [9.17, 15) is 8.42 Å². The van der Waals surface area contributed by atoms with Gasteiger partial charge in [-0.2, -0.15) is 5.10 Å². The highest BCUT2D eigenvalue weighted by molar-refractivity contribution is 7.89. The van der Waals surface area contributed by atoms with Crippen molar-refractivity contribution in [2.75, 3.05) is 5.73 Å². The molecule has 0 aliphatic carbocycles. The second-order valence-corrected chi connectivity index (χ2v) is 5.86. The molecule has 0 radical (unpaired) electrons. The normalized spacial score (nSPS) is 13.4. The summed E-state index contributed by atoms with van der Waals surface area (Å²) in [4.78, 5) is 3.93. The fraction of sp³-hybridized carbons (Fsp3) is 0.273. The zero-order valence-corrected chi connectivity index (χ0v) is 11.4. The van der Waals surface area contributed by atoms with Crippen molar-refractivity contribution in [1.82, 2.24) is 19.5 Å². The van der Waals surface area contributed by atoms with E-state index >= 15 is 0 Å². The van der Waals surface area contributed by atoms with Crippen molar-refractivity contribution in [3.8, 4) is 0 Å². The zero-order valence-electron chi connectivity index (χ0n) is 10.6. The van der Waals surface area contributed by atoms with Gasteiger partial charge in [-0.15, -0.1) is 0 Å². The molecule has 2 aromatic rings. The standard InChI is InChI=1S/C11H15N5O2S/c1-8(9-4-3-5-13-6-9)15-19(17,18)10-7-16(2)14-11(10)12/h3-8,15H,1-2H3,(H2,12,14). The summed E-state index contributed by atoms with van der Waals surface area (Å²) in [5.41, 5.74) is 6.35. The van der Waals surface area contributed by atoms with Crippen LogP contribution in [0.1, 0.15) is 18.5 Å². The molecular formula is C11H15N5O2S. The Bertz CT molecular complexity index is 666. The Labute approximate surface area is 111 Å². The minimum Gasteiger partial charge on any atom is -0.381 e. The van der Waals surface area contributed by atoms with Crippen molar-refractivity contribution in [3.63, 3.8) is 0 Å². The second kappa shape index (κ2) is 4.98. The monoisotopic (exact) mass is 281 g/mol. The Hall–Kier alpha value is -1.93. The number of aromatic nitrogens is 3.